The molecule has 40 heavy (non-hydrogen) atoms. The van der Waals surface area contributed by atoms with Gasteiger partial charge in [0.25, 0.3) is 0 Å². The molecule has 1 aliphatic rings. The van der Waals surface area contributed by atoms with Gasteiger partial charge in [-0.25, -0.2) is 0 Å². The van der Waals surface area contributed by atoms with Crippen LogP contribution in [0.15, 0.2) is 90.1 Å². The van der Waals surface area contributed by atoms with E-state index in [0.29, 0.717) is 16.6 Å². The number of hydrogen-bond acceptors (Lipinski definition) is 6. The zero-order valence-corrected chi connectivity index (χ0v) is 23.5. The molecule has 1 N–H and O–H groups in total. The number of benzene rings is 3. The molecule has 0 radical (unpaired) electrons. The monoisotopic (exact) mass is 555 g/mol. The molecule has 0 unspecified atom stereocenters. The van der Waals surface area contributed by atoms with E-state index >= 15 is 0 Å². The highest BCUT2D eigenvalue weighted by Crippen LogP contribution is 2.32. The van der Waals surface area contributed by atoms with Crippen molar-refractivity contribution in [1.82, 2.24) is 20.1 Å². The van der Waals surface area contributed by atoms with E-state index in [1.165, 1.54) is 11.8 Å². The van der Waals surface area contributed by atoms with Crippen molar-refractivity contribution in [2.45, 2.75) is 42.9 Å². The van der Waals surface area contributed by atoms with Gasteiger partial charge in [0.2, 0.25) is 11.8 Å². The standard InChI is InChI=1S/C31H33N5O3S/c1-35-29(23-13-7-4-8-14-23)33-34-31(35)40-21-27(37)36(25-17-19-26(39-2)20-18-25)28(22-11-5-3-6-12-22)30(38)32-24-15-9-10-16-24/h3-8,11-14,17-20,24,28H,9-10,15-16,21H2,1-2H3,(H,32,38)/t28-/m1/s1. The first-order valence-corrected chi connectivity index (χ1v) is 14.4. The molecule has 1 saturated carbocycles. The van der Waals surface area contributed by atoms with E-state index < -0.39 is 6.04 Å². The minimum absolute atomic E-state index is 0.0762. The van der Waals surface area contributed by atoms with Crippen LogP contribution in [0.25, 0.3) is 11.4 Å². The van der Waals surface area contributed by atoms with Gasteiger partial charge in [-0.2, -0.15) is 0 Å². The number of hydrogen-bond donors (Lipinski definition) is 1. The summed E-state index contributed by atoms with van der Waals surface area (Å²) in [6.45, 7) is 0. The molecule has 0 bridgehead atoms. The maximum atomic E-state index is 14.1. The van der Waals surface area contributed by atoms with E-state index in [-0.39, 0.29) is 23.6 Å². The van der Waals surface area contributed by atoms with Gasteiger partial charge in [0.05, 0.1) is 12.9 Å². The van der Waals surface area contributed by atoms with Gasteiger partial charge in [0.1, 0.15) is 11.8 Å². The quantitative estimate of drug-likeness (QED) is 0.263. The summed E-state index contributed by atoms with van der Waals surface area (Å²) in [5, 5.41) is 12.5. The van der Waals surface area contributed by atoms with Crippen molar-refractivity contribution in [1.29, 1.82) is 0 Å². The third-order valence-corrected chi connectivity index (χ3v) is 8.14. The summed E-state index contributed by atoms with van der Waals surface area (Å²) in [5.74, 6) is 1.07. The number of aromatic nitrogens is 3. The van der Waals surface area contributed by atoms with E-state index in [9.17, 15) is 9.59 Å². The zero-order chi connectivity index (χ0) is 27.9. The predicted molar refractivity (Wildman–Crippen MR) is 157 cm³/mol. The first kappa shape index (κ1) is 27.5. The lowest BCUT2D eigenvalue weighted by molar-refractivity contribution is -0.126. The zero-order valence-electron chi connectivity index (χ0n) is 22.7. The van der Waals surface area contributed by atoms with Gasteiger partial charge in [-0.15, -0.1) is 10.2 Å². The molecule has 3 aromatic carbocycles. The topological polar surface area (TPSA) is 89.3 Å². The van der Waals surface area contributed by atoms with Crippen molar-refractivity contribution in [3.05, 3.63) is 90.5 Å². The van der Waals surface area contributed by atoms with Gasteiger partial charge in [-0.1, -0.05) is 85.3 Å². The fourth-order valence-electron chi connectivity index (χ4n) is 5.06. The molecule has 2 amide bonds. The molecule has 4 aromatic rings. The van der Waals surface area contributed by atoms with Crippen LogP contribution in [0, 0.1) is 0 Å². The number of anilines is 1. The highest BCUT2D eigenvalue weighted by atomic mass is 32.2. The van der Waals surface area contributed by atoms with Crippen molar-refractivity contribution in [3.8, 4) is 17.1 Å². The number of nitrogens with zero attached hydrogens (tertiary/aromatic N) is 4. The summed E-state index contributed by atoms with van der Waals surface area (Å²) >= 11 is 1.30. The van der Waals surface area contributed by atoms with Crippen molar-refractivity contribution >= 4 is 29.3 Å². The van der Waals surface area contributed by atoms with Crippen LogP contribution in [0.3, 0.4) is 0 Å². The van der Waals surface area contributed by atoms with Gasteiger partial charge in [0, 0.05) is 24.3 Å². The molecule has 0 saturated heterocycles. The first-order chi connectivity index (χ1) is 19.5. The summed E-state index contributed by atoms with van der Waals surface area (Å²) in [6, 6.07) is 25.8. The Morgan fingerprint density at radius 1 is 0.975 bits per heavy atom. The number of carbonyl (C=O) groups excluding carboxylic acids is 2. The smallest absolute Gasteiger partial charge is 0.248 e. The molecular formula is C31H33N5O3S. The number of methoxy groups -OCH3 is 1. The van der Waals surface area contributed by atoms with Crippen LogP contribution < -0.4 is 15.0 Å². The van der Waals surface area contributed by atoms with Gasteiger partial charge in [0.15, 0.2) is 11.0 Å². The SMILES string of the molecule is COc1ccc(N(C(=O)CSc2nnc(-c3ccccc3)n2C)[C@@H](C(=O)NC2CCCC2)c2ccccc2)cc1. The van der Waals surface area contributed by atoms with Gasteiger partial charge < -0.3 is 14.6 Å². The predicted octanol–water partition coefficient (Wildman–Crippen LogP) is 5.42. The Labute approximate surface area is 238 Å². The van der Waals surface area contributed by atoms with Crippen molar-refractivity contribution in [2.24, 2.45) is 7.05 Å². The number of carbonyl (C=O) groups is 2. The number of nitrogens with one attached hydrogen (secondary N) is 1. The lowest BCUT2D eigenvalue weighted by Crippen LogP contribution is -2.47. The first-order valence-electron chi connectivity index (χ1n) is 13.4. The van der Waals surface area contributed by atoms with E-state index in [2.05, 4.69) is 15.5 Å². The Kier molecular flexibility index (Phi) is 8.81. The lowest BCUT2D eigenvalue weighted by Gasteiger charge is -2.32. The molecule has 0 aliphatic heterocycles. The average molecular weight is 556 g/mol. The van der Waals surface area contributed by atoms with Crippen LogP contribution in [0.4, 0.5) is 5.69 Å². The summed E-state index contributed by atoms with van der Waals surface area (Å²) in [5.41, 5.74) is 2.31. The van der Waals surface area contributed by atoms with Crippen LogP contribution in [0.1, 0.15) is 37.3 Å². The molecule has 0 spiro atoms. The second-order valence-corrected chi connectivity index (χ2v) is 10.7. The van der Waals surface area contributed by atoms with Crippen LogP contribution in [-0.2, 0) is 16.6 Å². The van der Waals surface area contributed by atoms with Crippen LogP contribution in [0.2, 0.25) is 0 Å². The fourth-order valence-corrected chi connectivity index (χ4v) is 5.83. The Hall–Kier alpha value is -4.11. The van der Waals surface area contributed by atoms with Gasteiger partial charge in [-0.3, -0.25) is 14.5 Å². The second-order valence-electron chi connectivity index (χ2n) is 9.78. The molecule has 1 heterocycles. The van der Waals surface area contributed by atoms with E-state index in [1.807, 2.05) is 84.4 Å². The Bertz CT molecular complexity index is 1420. The van der Waals surface area contributed by atoms with E-state index in [0.717, 1.165) is 42.6 Å². The molecule has 1 aromatic heterocycles. The van der Waals surface area contributed by atoms with Gasteiger partial charge >= 0.3 is 0 Å². The summed E-state index contributed by atoms with van der Waals surface area (Å²) < 4.78 is 7.22. The minimum atomic E-state index is -0.831. The number of ether oxygens (including phenoxy) is 1. The highest BCUT2D eigenvalue weighted by Gasteiger charge is 2.34. The molecule has 1 fully saturated rings. The normalized spacial score (nSPS) is 14.1. The molecule has 8 nitrogen and oxygen atoms in total. The van der Waals surface area contributed by atoms with Gasteiger partial charge in [-0.05, 0) is 42.7 Å². The molecule has 5 rings (SSSR count). The van der Waals surface area contributed by atoms with E-state index in [1.54, 1.807) is 24.1 Å². The van der Waals surface area contributed by atoms with E-state index in [4.69, 9.17) is 4.74 Å². The largest absolute Gasteiger partial charge is 0.497 e. The Morgan fingerprint density at radius 2 is 1.62 bits per heavy atom. The van der Waals surface area contributed by atoms with Crippen molar-refractivity contribution < 1.29 is 14.3 Å². The molecule has 1 aliphatic carbocycles. The van der Waals surface area contributed by atoms with Crippen LogP contribution in [0.5, 0.6) is 5.75 Å². The maximum Gasteiger partial charge on any atom is 0.248 e. The molecule has 206 valence electrons. The lowest BCUT2D eigenvalue weighted by atomic mass is 10.0. The highest BCUT2D eigenvalue weighted by molar-refractivity contribution is 7.99. The maximum absolute atomic E-state index is 14.1. The number of thioether (sulfide) groups is 1. The summed E-state index contributed by atoms with van der Waals surface area (Å²) in [6.07, 6.45) is 4.10. The Morgan fingerprint density at radius 3 is 2.27 bits per heavy atom. The fraction of sp³-hybridized carbons (Fsp3) is 0.290. The number of amides is 2. The molecular weight excluding hydrogens is 522 g/mol. The minimum Gasteiger partial charge on any atom is -0.497 e. The third-order valence-electron chi connectivity index (χ3n) is 7.13. The molecule has 9 heteroatoms. The van der Waals surface area contributed by atoms with Crippen molar-refractivity contribution in [2.75, 3.05) is 17.8 Å². The Balaban J connectivity index is 1.45. The molecule has 1 atom stereocenters. The van der Waals surface area contributed by atoms with Crippen LogP contribution in [-0.4, -0.2) is 45.5 Å². The van der Waals surface area contributed by atoms with Crippen LogP contribution >= 0.6 is 11.8 Å². The number of rotatable bonds is 10. The summed E-state index contributed by atoms with van der Waals surface area (Å²) in [7, 11) is 3.49. The third kappa shape index (κ3) is 6.20. The average Bonchev–Trinajstić information content (AvgIpc) is 3.64. The summed E-state index contributed by atoms with van der Waals surface area (Å²) in [4.78, 5) is 29.5. The second kappa shape index (κ2) is 12.8. The van der Waals surface area contributed by atoms with Crippen molar-refractivity contribution in [3.63, 3.8) is 0 Å².